The van der Waals surface area contributed by atoms with Crippen molar-refractivity contribution >= 4 is 11.8 Å². The van der Waals surface area contributed by atoms with E-state index in [2.05, 4.69) is 22.0 Å². The Bertz CT molecular complexity index is 160. The lowest BCUT2D eigenvalue weighted by molar-refractivity contribution is 0.0374. The van der Waals surface area contributed by atoms with Crippen LogP contribution in [0.15, 0.2) is 0 Å². The molecule has 0 spiro atoms. The number of ether oxygens (including phenoxy) is 1. The molecule has 0 amide bonds. The Morgan fingerprint density at radius 2 is 2.19 bits per heavy atom. The molecule has 1 unspecified atom stereocenters. The average molecular weight is 244 g/mol. The molecule has 94 valence electrons. The Morgan fingerprint density at radius 1 is 1.31 bits per heavy atom. The Hall–Kier alpha value is 0.230. The summed E-state index contributed by atoms with van der Waals surface area (Å²) < 4.78 is 5.34. The average Bonchev–Trinajstić information content (AvgIpc) is 2.37. The standard InChI is InChI=1S/C12H24N2OS/c1-3-12(11-16-10-1)13-4-2-5-14-6-8-15-9-7-14/h12-13H,1-11H2. The molecule has 2 fully saturated rings. The molecule has 3 nitrogen and oxygen atoms in total. The van der Waals surface area contributed by atoms with Crippen LogP contribution in [0.4, 0.5) is 0 Å². The van der Waals surface area contributed by atoms with Gasteiger partial charge in [0, 0.05) is 24.9 Å². The van der Waals surface area contributed by atoms with Crippen molar-refractivity contribution in [2.24, 2.45) is 0 Å². The molecule has 2 aliphatic rings. The molecule has 4 heteroatoms. The maximum absolute atomic E-state index is 5.34. The summed E-state index contributed by atoms with van der Waals surface area (Å²) in [7, 11) is 0. The Labute approximate surface area is 103 Å². The fourth-order valence-corrected chi connectivity index (χ4v) is 3.44. The maximum Gasteiger partial charge on any atom is 0.0594 e. The van der Waals surface area contributed by atoms with E-state index in [4.69, 9.17) is 4.74 Å². The second-order valence-electron chi connectivity index (χ2n) is 4.68. The molecule has 0 aliphatic carbocycles. The van der Waals surface area contributed by atoms with Crippen molar-refractivity contribution in [1.82, 2.24) is 10.2 Å². The van der Waals surface area contributed by atoms with Gasteiger partial charge in [-0.3, -0.25) is 4.90 Å². The number of nitrogens with one attached hydrogen (secondary N) is 1. The summed E-state index contributed by atoms with van der Waals surface area (Å²) in [5.41, 5.74) is 0. The first kappa shape index (κ1) is 12.7. The van der Waals surface area contributed by atoms with E-state index in [1.165, 1.54) is 43.9 Å². The van der Waals surface area contributed by atoms with Crippen LogP contribution < -0.4 is 5.32 Å². The van der Waals surface area contributed by atoms with Gasteiger partial charge in [-0.2, -0.15) is 11.8 Å². The normalized spacial score (nSPS) is 28.1. The number of morpholine rings is 1. The smallest absolute Gasteiger partial charge is 0.0594 e. The zero-order chi connectivity index (χ0) is 11.1. The van der Waals surface area contributed by atoms with Crippen molar-refractivity contribution in [3.05, 3.63) is 0 Å². The second-order valence-corrected chi connectivity index (χ2v) is 5.83. The second kappa shape index (κ2) is 7.54. The van der Waals surface area contributed by atoms with Crippen LogP contribution in [-0.2, 0) is 4.74 Å². The summed E-state index contributed by atoms with van der Waals surface area (Å²) in [5, 5.41) is 3.68. The molecule has 16 heavy (non-hydrogen) atoms. The third-order valence-corrected chi connectivity index (χ3v) is 4.56. The first-order valence-electron chi connectivity index (χ1n) is 6.56. The summed E-state index contributed by atoms with van der Waals surface area (Å²) in [5.74, 6) is 2.68. The first-order valence-corrected chi connectivity index (χ1v) is 7.72. The predicted octanol–water partition coefficient (Wildman–Crippen LogP) is 1.19. The molecular weight excluding hydrogens is 220 g/mol. The van der Waals surface area contributed by atoms with E-state index in [1.807, 2.05) is 0 Å². The summed E-state index contributed by atoms with van der Waals surface area (Å²) >= 11 is 2.10. The van der Waals surface area contributed by atoms with Gasteiger partial charge in [-0.05, 0) is 38.1 Å². The van der Waals surface area contributed by atoms with Gasteiger partial charge >= 0.3 is 0 Å². The highest BCUT2D eigenvalue weighted by Crippen LogP contribution is 2.16. The van der Waals surface area contributed by atoms with Gasteiger partial charge in [0.2, 0.25) is 0 Å². The van der Waals surface area contributed by atoms with Crippen molar-refractivity contribution in [2.75, 3.05) is 50.9 Å². The van der Waals surface area contributed by atoms with E-state index in [0.29, 0.717) is 0 Å². The van der Waals surface area contributed by atoms with Gasteiger partial charge in [0.1, 0.15) is 0 Å². The summed E-state index contributed by atoms with van der Waals surface area (Å²) in [6.07, 6.45) is 4.05. The molecule has 2 heterocycles. The highest BCUT2D eigenvalue weighted by molar-refractivity contribution is 7.99. The molecule has 1 N–H and O–H groups in total. The van der Waals surface area contributed by atoms with E-state index >= 15 is 0 Å². The van der Waals surface area contributed by atoms with Crippen LogP contribution in [0.5, 0.6) is 0 Å². The van der Waals surface area contributed by atoms with Gasteiger partial charge < -0.3 is 10.1 Å². The van der Waals surface area contributed by atoms with Gasteiger partial charge in [-0.1, -0.05) is 0 Å². The summed E-state index contributed by atoms with van der Waals surface area (Å²) in [4.78, 5) is 2.51. The van der Waals surface area contributed by atoms with E-state index in [1.54, 1.807) is 0 Å². The highest BCUT2D eigenvalue weighted by Gasteiger charge is 2.13. The van der Waals surface area contributed by atoms with Crippen LogP contribution in [0.1, 0.15) is 19.3 Å². The molecule has 0 aromatic rings. The van der Waals surface area contributed by atoms with Crippen molar-refractivity contribution in [1.29, 1.82) is 0 Å². The van der Waals surface area contributed by atoms with E-state index in [9.17, 15) is 0 Å². The lowest BCUT2D eigenvalue weighted by atomic mass is 10.2. The molecule has 0 bridgehead atoms. The minimum absolute atomic E-state index is 0.781. The van der Waals surface area contributed by atoms with E-state index < -0.39 is 0 Å². The van der Waals surface area contributed by atoms with E-state index in [0.717, 1.165) is 32.3 Å². The number of nitrogens with zero attached hydrogens (tertiary/aromatic N) is 1. The van der Waals surface area contributed by atoms with Crippen LogP contribution in [0.2, 0.25) is 0 Å². The molecule has 0 radical (unpaired) electrons. The Balaban J connectivity index is 1.47. The van der Waals surface area contributed by atoms with Crippen LogP contribution in [0.3, 0.4) is 0 Å². The number of thioether (sulfide) groups is 1. The van der Waals surface area contributed by atoms with Gasteiger partial charge in [0.15, 0.2) is 0 Å². The molecule has 2 rings (SSSR count). The zero-order valence-electron chi connectivity index (χ0n) is 10.1. The lowest BCUT2D eigenvalue weighted by Gasteiger charge is -2.27. The Kier molecular flexibility index (Phi) is 5.97. The van der Waals surface area contributed by atoms with Gasteiger partial charge in [-0.25, -0.2) is 0 Å². The van der Waals surface area contributed by atoms with E-state index in [-0.39, 0.29) is 0 Å². The summed E-state index contributed by atoms with van der Waals surface area (Å²) in [6, 6.07) is 0.781. The van der Waals surface area contributed by atoms with Gasteiger partial charge in [0.05, 0.1) is 13.2 Å². The minimum atomic E-state index is 0.781. The van der Waals surface area contributed by atoms with Crippen molar-refractivity contribution in [2.45, 2.75) is 25.3 Å². The fourth-order valence-electron chi connectivity index (χ4n) is 2.34. The van der Waals surface area contributed by atoms with Crippen molar-refractivity contribution < 1.29 is 4.74 Å². The zero-order valence-corrected chi connectivity index (χ0v) is 10.9. The van der Waals surface area contributed by atoms with Gasteiger partial charge in [-0.15, -0.1) is 0 Å². The van der Waals surface area contributed by atoms with Crippen molar-refractivity contribution in [3.63, 3.8) is 0 Å². The fraction of sp³-hybridized carbons (Fsp3) is 1.00. The molecule has 2 saturated heterocycles. The van der Waals surface area contributed by atoms with Crippen LogP contribution in [-0.4, -0.2) is 61.8 Å². The maximum atomic E-state index is 5.34. The molecule has 0 saturated carbocycles. The number of hydrogen-bond acceptors (Lipinski definition) is 4. The highest BCUT2D eigenvalue weighted by atomic mass is 32.2. The van der Waals surface area contributed by atoms with Gasteiger partial charge in [0.25, 0.3) is 0 Å². The number of hydrogen-bond donors (Lipinski definition) is 1. The molecule has 0 aromatic heterocycles. The predicted molar refractivity (Wildman–Crippen MR) is 70.2 cm³/mol. The first-order chi connectivity index (χ1) is 7.95. The lowest BCUT2D eigenvalue weighted by Crippen LogP contribution is -2.39. The largest absolute Gasteiger partial charge is 0.379 e. The van der Waals surface area contributed by atoms with Crippen LogP contribution >= 0.6 is 11.8 Å². The molecule has 0 aromatic carbocycles. The minimum Gasteiger partial charge on any atom is -0.379 e. The monoisotopic (exact) mass is 244 g/mol. The third kappa shape index (κ3) is 4.62. The molecule has 1 atom stereocenters. The third-order valence-electron chi connectivity index (χ3n) is 3.35. The van der Waals surface area contributed by atoms with Crippen molar-refractivity contribution in [3.8, 4) is 0 Å². The quantitative estimate of drug-likeness (QED) is 0.734. The topological polar surface area (TPSA) is 24.5 Å². The van der Waals surface area contributed by atoms with Crippen LogP contribution in [0, 0.1) is 0 Å². The molecule has 2 aliphatic heterocycles. The number of rotatable bonds is 5. The van der Waals surface area contributed by atoms with Crippen LogP contribution in [0.25, 0.3) is 0 Å². The molecular formula is C12H24N2OS. The Morgan fingerprint density at radius 3 is 2.94 bits per heavy atom. The summed E-state index contributed by atoms with van der Waals surface area (Å²) in [6.45, 7) is 6.51. The SMILES string of the molecule is C1CSCC(NCCCN2CCOCC2)C1.